The lowest BCUT2D eigenvalue weighted by Gasteiger charge is -2.06. The summed E-state index contributed by atoms with van der Waals surface area (Å²) in [5.74, 6) is 0.0772. The minimum absolute atomic E-state index is 0.0386. The molecular formula is C14H16N2O3S. The highest BCUT2D eigenvalue weighted by atomic mass is 32.2. The summed E-state index contributed by atoms with van der Waals surface area (Å²) in [7, 11) is 0. The van der Waals surface area contributed by atoms with Crippen molar-refractivity contribution in [3.63, 3.8) is 0 Å². The molecule has 2 heterocycles. The molecule has 0 radical (unpaired) electrons. The van der Waals surface area contributed by atoms with Crippen molar-refractivity contribution < 1.29 is 15.0 Å². The summed E-state index contributed by atoms with van der Waals surface area (Å²) in [5, 5.41) is 19.7. The van der Waals surface area contributed by atoms with Crippen molar-refractivity contribution in [2.24, 2.45) is 0 Å². The highest BCUT2D eigenvalue weighted by molar-refractivity contribution is 8.13. The second-order valence-electron chi connectivity index (χ2n) is 4.30. The van der Waals surface area contributed by atoms with Crippen molar-refractivity contribution in [3.05, 3.63) is 36.5 Å². The molecule has 0 fully saturated rings. The zero-order valence-electron chi connectivity index (χ0n) is 10.9. The van der Waals surface area contributed by atoms with Crippen LogP contribution in [0.3, 0.4) is 0 Å². The van der Waals surface area contributed by atoms with Gasteiger partial charge in [-0.2, -0.15) is 0 Å². The lowest BCUT2D eigenvalue weighted by Crippen LogP contribution is -1.98. The van der Waals surface area contributed by atoms with Crippen LogP contribution in [0.5, 0.6) is 11.8 Å². The van der Waals surface area contributed by atoms with E-state index in [9.17, 15) is 15.0 Å². The molecule has 0 atom stereocenters. The number of rotatable bonds is 6. The average Bonchev–Trinajstić information content (AvgIpc) is 2.76. The fraction of sp³-hybridized carbons (Fsp3) is 0.286. The summed E-state index contributed by atoms with van der Waals surface area (Å²) in [5.41, 5.74) is 0. The number of nitrogens with zero attached hydrogens (tertiary/aromatic N) is 2. The van der Waals surface area contributed by atoms with Gasteiger partial charge in [-0.3, -0.25) is 9.36 Å². The van der Waals surface area contributed by atoms with E-state index in [1.165, 1.54) is 16.7 Å². The molecule has 2 aromatic rings. The summed E-state index contributed by atoms with van der Waals surface area (Å²) in [6, 6.07) is 8.35. The maximum absolute atomic E-state index is 11.7. The number of hydrogen-bond donors (Lipinski definition) is 2. The molecule has 2 aromatic heterocycles. The van der Waals surface area contributed by atoms with E-state index in [1.807, 2.05) is 12.1 Å². The molecule has 0 saturated carbocycles. The molecule has 0 aliphatic rings. The predicted molar refractivity (Wildman–Crippen MR) is 76.7 cm³/mol. The molecule has 106 valence electrons. The second-order valence-corrected chi connectivity index (χ2v) is 5.38. The number of thioether (sulfide) groups is 1. The molecule has 0 bridgehead atoms. The van der Waals surface area contributed by atoms with Gasteiger partial charge >= 0.3 is 0 Å². The van der Waals surface area contributed by atoms with Gasteiger partial charge in [-0.1, -0.05) is 6.07 Å². The molecule has 0 spiro atoms. The number of aromatic hydroxyl groups is 2. The van der Waals surface area contributed by atoms with Gasteiger partial charge < -0.3 is 10.2 Å². The van der Waals surface area contributed by atoms with Crippen LogP contribution >= 0.6 is 11.8 Å². The first-order valence-corrected chi connectivity index (χ1v) is 7.17. The Labute approximate surface area is 121 Å². The van der Waals surface area contributed by atoms with Gasteiger partial charge in [-0.05, 0) is 36.7 Å². The van der Waals surface area contributed by atoms with Gasteiger partial charge in [-0.15, -0.1) is 0 Å². The van der Waals surface area contributed by atoms with Gasteiger partial charge in [0.1, 0.15) is 5.03 Å². The highest BCUT2D eigenvalue weighted by Gasteiger charge is 2.07. The molecule has 6 heteroatoms. The van der Waals surface area contributed by atoms with E-state index in [4.69, 9.17) is 0 Å². The quantitative estimate of drug-likeness (QED) is 0.632. The Hall–Kier alpha value is -1.95. The zero-order valence-corrected chi connectivity index (χ0v) is 11.7. The number of aromatic nitrogens is 2. The number of pyridine rings is 1. The predicted octanol–water partition coefficient (Wildman–Crippen LogP) is 2.78. The van der Waals surface area contributed by atoms with Gasteiger partial charge in [0.2, 0.25) is 0 Å². The SMILES string of the molecule is O=C(CCCCn1c(O)ccc1O)Sc1ccccn1. The summed E-state index contributed by atoms with van der Waals surface area (Å²) in [6.45, 7) is 0.492. The Bertz CT molecular complexity index is 550. The summed E-state index contributed by atoms with van der Waals surface area (Å²) < 4.78 is 1.41. The first-order valence-electron chi connectivity index (χ1n) is 6.36. The van der Waals surface area contributed by atoms with Gasteiger partial charge in [0.25, 0.3) is 0 Å². The number of carbonyl (C=O) groups excluding carboxylic acids is 1. The van der Waals surface area contributed by atoms with E-state index in [0.29, 0.717) is 30.8 Å². The Balaban J connectivity index is 1.70. The smallest absolute Gasteiger partial charge is 0.195 e. The maximum atomic E-state index is 11.7. The van der Waals surface area contributed by atoms with E-state index in [0.717, 1.165) is 11.8 Å². The van der Waals surface area contributed by atoms with E-state index in [2.05, 4.69) is 4.98 Å². The molecule has 0 aliphatic carbocycles. The molecule has 0 saturated heterocycles. The summed E-state index contributed by atoms with van der Waals surface area (Å²) in [4.78, 5) is 15.8. The molecular weight excluding hydrogens is 276 g/mol. The van der Waals surface area contributed by atoms with Crippen LogP contribution in [-0.4, -0.2) is 24.9 Å². The van der Waals surface area contributed by atoms with E-state index < -0.39 is 0 Å². The minimum Gasteiger partial charge on any atom is -0.494 e. The monoisotopic (exact) mass is 292 g/mol. The van der Waals surface area contributed by atoms with Gasteiger partial charge in [0.15, 0.2) is 16.9 Å². The number of carbonyl (C=O) groups is 1. The Morgan fingerprint density at radius 3 is 2.55 bits per heavy atom. The third kappa shape index (κ3) is 4.03. The Morgan fingerprint density at radius 2 is 1.90 bits per heavy atom. The van der Waals surface area contributed by atoms with Crippen LogP contribution in [0.2, 0.25) is 0 Å². The van der Waals surface area contributed by atoms with Crippen LogP contribution in [0, 0.1) is 0 Å². The lowest BCUT2D eigenvalue weighted by atomic mass is 10.2. The van der Waals surface area contributed by atoms with Crippen molar-refractivity contribution in [1.82, 2.24) is 9.55 Å². The van der Waals surface area contributed by atoms with E-state index >= 15 is 0 Å². The largest absolute Gasteiger partial charge is 0.494 e. The molecule has 2 N–H and O–H groups in total. The van der Waals surface area contributed by atoms with Crippen LogP contribution < -0.4 is 0 Å². The van der Waals surface area contributed by atoms with Gasteiger partial charge in [0, 0.05) is 31.3 Å². The van der Waals surface area contributed by atoms with Crippen molar-refractivity contribution >= 4 is 16.9 Å². The van der Waals surface area contributed by atoms with Crippen LogP contribution in [0.15, 0.2) is 41.6 Å². The van der Waals surface area contributed by atoms with Crippen LogP contribution in [0.25, 0.3) is 0 Å². The van der Waals surface area contributed by atoms with Crippen LogP contribution in [0.4, 0.5) is 0 Å². The summed E-state index contributed by atoms with van der Waals surface area (Å²) in [6.07, 6.45) is 3.53. The fourth-order valence-electron chi connectivity index (χ4n) is 1.79. The van der Waals surface area contributed by atoms with Gasteiger partial charge in [-0.25, -0.2) is 4.98 Å². The van der Waals surface area contributed by atoms with Gasteiger partial charge in [0.05, 0.1) is 0 Å². The third-order valence-corrected chi connectivity index (χ3v) is 3.69. The zero-order chi connectivity index (χ0) is 14.4. The maximum Gasteiger partial charge on any atom is 0.195 e. The topological polar surface area (TPSA) is 75.4 Å². The Morgan fingerprint density at radius 1 is 1.15 bits per heavy atom. The molecule has 5 nitrogen and oxygen atoms in total. The molecule has 0 amide bonds. The van der Waals surface area contributed by atoms with Crippen molar-refractivity contribution in [3.8, 4) is 11.8 Å². The van der Waals surface area contributed by atoms with Crippen LogP contribution in [0.1, 0.15) is 19.3 Å². The van der Waals surface area contributed by atoms with Crippen molar-refractivity contribution in [1.29, 1.82) is 0 Å². The lowest BCUT2D eigenvalue weighted by molar-refractivity contribution is -0.111. The standard InChI is InChI=1S/C14H16N2O3S/c17-12-7-8-13(18)16(12)10-4-2-6-14(19)20-11-5-1-3-9-15-11/h1,3,5,7-9,17-18H,2,4,6,10H2. The second kappa shape index (κ2) is 7.00. The molecule has 0 aromatic carbocycles. The number of unbranched alkanes of at least 4 members (excludes halogenated alkanes) is 1. The third-order valence-electron chi connectivity index (χ3n) is 2.80. The van der Waals surface area contributed by atoms with Crippen LogP contribution in [-0.2, 0) is 11.3 Å². The first kappa shape index (κ1) is 14.5. The van der Waals surface area contributed by atoms with E-state index in [-0.39, 0.29) is 16.9 Å². The fourth-order valence-corrected chi connectivity index (χ4v) is 2.53. The molecule has 2 rings (SSSR count). The molecule has 0 unspecified atom stereocenters. The highest BCUT2D eigenvalue weighted by Crippen LogP contribution is 2.22. The minimum atomic E-state index is 0.0386. The van der Waals surface area contributed by atoms with E-state index in [1.54, 1.807) is 12.3 Å². The summed E-state index contributed by atoms with van der Waals surface area (Å²) >= 11 is 1.14. The normalized spacial score (nSPS) is 10.6. The van der Waals surface area contributed by atoms with Crippen molar-refractivity contribution in [2.75, 3.05) is 0 Å². The molecule has 0 aliphatic heterocycles. The molecule has 20 heavy (non-hydrogen) atoms. The average molecular weight is 292 g/mol. The number of hydrogen-bond acceptors (Lipinski definition) is 5. The van der Waals surface area contributed by atoms with Crippen molar-refractivity contribution in [2.45, 2.75) is 30.8 Å². The Kier molecular flexibility index (Phi) is 5.06. The first-order chi connectivity index (χ1) is 9.66.